The van der Waals surface area contributed by atoms with Crippen LogP contribution in [0.15, 0.2) is 18.2 Å². The van der Waals surface area contributed by atoms with Crippen molar-refractivity contribution in [1.82, 2.24) is 10.2 Å². The molecule has 1 aromatic rings. The first-order valence-corrected chi connectivity index (χ1v) is 6.64. The van der Waals surface area contributed by atoms with E-state index in [-0.39, 0.29) is 18.1 Å². The summed E-state index contributed by atoms with van der Waals surface area (Å²) < 4.78 is 0. The number of carbonyl (C=O) groups is 1. The van der Waals surface area contributed by atoms with Gasteiger partial charge in [-0.1, -0.05) is 37.1 Å². The number of hydrogen-bond donors (Lipinski definition) is 1. The molecule has 1 aliphatic rings. The molecule has 1 fully saturated rings. The molecule has 3 nitrogen and oxygen atoms in total. The van der Waals surface area contributed by atoms with E-state index in [9.17, 15) is 4.79 Å². The average Bonchev–Trinajstić information content (AvgIpc) is 2.61. The molecule has 0 aliphatic carbocycles. The Labute approximate surface area is 109 Å². The molecular formula is C15H22N2O. The lowest BCUT2D eigenvalue weighted by molar-refractivity contribution is -0.128. The van der Waals surface area contributed by atoms with Gasteiger partial charge in [0, 0.05) is 7.05 Å². The predicted molar refractivity (Wildman–Crippen MR) is 73.3 cm³/mol. The van der Waals surface area contributed by atoms with Crippen LogP contribution in [0.5, 0.6) is 0 Å². The van der Waals surface area contributed by atoms with Gasteiger partial charge in [0.15, 0.2) is 0 Å². The summed E-state index contributed by atoms with van der Waals surface area (Å²) in [6, 6.07) is 6.38. The highest BCUT2D eigenvalue weighted by Gasteiger charge is 2.36. The standard InChI is InChI=1S/C15H22N2O/c1-5-6-13-15(18)17(4)14(16-13)12-9-10(2)7-8-11(12)3/h7-9,13-14,16H,5-6H2,1-4H3. The van der Waals surface area contributed by atoms with E-state index in [0.29, 0.717) is 0 Å². The Balaban J connectivity index is 2.29. The molecule has 1 saturated heterocycles. The van der Waals surface area contributed by atoms with Crippen molar-refractivity contribution >= 4 is 5.91 Å². The minimum atomic E-state index is -0.0232. The van der Waals surface area contributed by atoms with Crippen LogP contribution in [-0.2, 0) is 4.79 Å². The largest absolute Gasteiger partial charge is 0.325 e. The van der Waals surface area contributed by atoms with Crippen LogP contribution in [-0.4, -0.2) is 23.9 Å². The lowest BCUT2D eigenvalue weighted by Gasteiger charge is -2.22. The number of benzene rings is 1. The molecule has 1 aromatic carbocycles. The van der Waals surface area contributed by atoms with Crippen LogP contribution in [0.25, 0.3) is 0 Å². The summed E-state index contributed by atoms with van der Waals surface area (Å²) >= 11 is 0. The van der Waals surface area contributed by atoms with E-state index in [1.54, 1.807) is 0 Å². The number of likely N-dealkylation sites (N-methyl/N-ethyl adjacent to an activating group) is 1. The van der Waals surface area contributed by atoms with Gasteiger partial charge < -0.3 is 4.90 Å². The van der Waals surface area contributed by atoms with Crippen LogP contribution in [0.1, 0.15) is 42.6 Å². The fraction of sp³-hybridized carbons (Fsp3) is 0.533. The molecule has 0 bridgehead atoms. The molecule has 18 heavy (non-hydrogen) atoms. The number of amides is 1. The van der Waals surface area contributed by atoms with Gasteiger partial charge in [-0.2, -0.15) is 0 Å². The molecule has 1 heterocycles. The maximum absolute atomic E-state index is 12.1. The molecule has 2 atom stereocenters. The second-order valence-corrected chi connectivity index (χ2v) is 5.22. The second kappa shape index (κ2) is 5.11. The molecular weight excluding hydrogens is 224 g/mol. The fourth-order valence-corrected chi connectivity index (χ4v) is 2.60. The number of aryl methyl sites for hydroxylation is 2. The fourth-order valence-electron chi connectivity index (χ4n) is 2.60. The maximum atomic E-state index is 12.1. The summed E-state index contributed by atoms with van der Waals surface area (Å²) in [4.78, 5) is 14.0. The summed E-state index contributed by atoms with van der Waals surface area (Å²) in [5, 5.41) is 3.45. The summed E-state index contributed by atoms with van der Waals surface area (Å²) in [7, 11) is 1.89. The third-order valence-electron chi connectivity index (χ3n) is 3.70. The van der Waals surface area contributed by atoms with E-state index in [2.05, 4.69) is 44.3 Å². The first-order chi connectivity index (χ1) is 8.54. The van der Waals surface area contributed by atoms with E-state index in [1.165, 1.54) is 16.7 Å². The van der Waals surface area contributed by atoms with E-state index in [4.69, 9.17) is 0 Å². The Morgan fingerprint density at radius 1 is 1.33 bits per heavy atom. The van der Waals surface area contributed by atoms with Gasteiger partial charge in [-0.15, -0.1) is 0 Å². The van der Waals surface area contributed by atoms with Crippen molar-refractivity contribution in [3.05, 3.63) is 34.9 Å². The van der Waals surface area contributed by atoms with E-state index in [1.807, 2.05) is 11.9 Å². The van der Waals surface area contributed by atoms with Crippen LogP contribution in [0.4, 0.5) is 0 Å². The van der Waals surface area contributed by atoms with Crippen LogP contribution >= 0.6 is 0 Å². The van der Waals surface area contributed by atoms with Gasteiger partial charge in [-0.25, -0.2) is 0 Å². The number of nitrogens with one attached hydrogen (secondary N) is 1. The van der Waals surface area contributed by atoms with E-state index in [0.717, 1.165) is 12.8 Å². The first-order valence-electron chi connectivity index (χ1n) is 6.64. The number of rotatable bonds is 3. The molecule has 0 spiro atoms. The van der Waals surface area contributed by atoms with Gasteiger partial charge in [0.1, 0.15) is 6.17 Å². The normalized spacial score (nSPS) is 23.8. The molecule has 1 N–H and O–H groups in total. The van der Waals surface area contributed by atoms with Crippen LogP contribution in [0.2, 0.25) is 0 Å². The van der Waals surface area contributed by atoms with Crippen molar-refractivity contribution in [2.24, 2.45) is 0 Å². The van der Waals surface area contributed by atoms with E-state index < -0.39 is 0 Å². The van der Waals surface area contributed by atoms with Gasteiger partial charge in [0.2, 0.25) is 5.91 Å². The number of nitrogens with zero attached hydrogens (tertiary/aromatic N) is 1. The highest BCUT2D eigenvalue weighted by molar-refractivity contribution is 5.84. The lowest BCUT2D eigenvalue weighted by atomic mass is 10.0. The molecule has 2 unspecified atom stereocenters. The molecule has 2 rings (SSSR count). The Hall–Kier alpha value is -1.35. The van der Waals surface area contributed by atoms with Gasteiger partial charge in [0.25, 0.3) is 0 Å². The molecule has 0 saturated carbocycles. The average molecular weight is 246 g/mol. The van der Waals surface area contributed by atoms with Crippen molar-refractivity contribution in [2.45, 2.75) is 45.8 Å². The maximum Gasteiger partial charge on any atom is 0.241 e. The number of carbonyl (C=O) groups excluding carboxylic acids is 1. The van der Waals surface area contributed by atoms with Gasteiger partial charge in [0.05, 0.1) is 6.04 Å². The van der Waals surface area contributed by atoms with Crippen molar-refractivity contribution in [2.75, 3.05) is 7.05 Å². The second-order valence-electron chi connectivity index (χ2n) is 5.22. The molecule has 98 valence electrons. The van der Waals surface area contributed by atoms with Gasteiger partial charge >= 0.3 is 0 Å². The Morgan fingerprint density at radius 3 is 2.72 bits per heavy atom. The SMILES string of the molecule is CCCC1NC(c2cc(C)ccc2C)N(C)C1=O. The smallest absolute Gasteiger partial charge is 0.241 e. The molecule has 0 radical (unpaired) electrons. The Morgan fingerprint density at radius 2 is 2.06 bits per heavy atom. The highest BCUT2D eigenvalue weighted by atomic mass is 16.2. The highest BCUT2D eigenvalue weighted by Crippen LogP contribution is 2.28. The molecule has 3 heteroatoms. The third kappa shape index (κ3) is 2.27. The quantitative estimate of drug-likeness (QED) is 0.889. The van der Waals surface area contributed by atoms with Crippen LogP contribution in [0.3, 0.4) is 0 Å². The minimum Gasteiger partial charge on any atom is -0.325 e. The molecule has 1 aliphatic heterocycles. The lowest BCUT2D eigenvalue weighted by Crippen LogP contribution is -2.28. The predicted octanol–water partition coefficient (Wildman–Crippen LogP) is 2.53. The summed E-state index contributed by atoms with van der Waals surface area (Å²) in [5.41, 5.74) is 3.68. The molecule has 0 aromatic heterocycles. The zero-order valence-corrected chi connectivity index (χ0v) is 11.7. The van der Waals surface area contributed by atoms with Gasteiger partial charge in [-0.3, -0.25) is 10.1 Å². The molecule has 1 amide bonds. The van der Waals surface area contributed by atoms with E-state index >= 15 is 0 Å². The summed E-state index contributed by atoms with van der Waals surface area (Å²) in [6.45, 7) is 6.30. The van der Waals surface area contributed by atoms with Crippen molar-refractivity contribution in [1.29, 1.82) is 0 Å². The number of hydrogen-bond acceptors (Lipinski definition) is 2. The van der Waals surface area contributed by atoms with Gasteiger partial charge in [-0.05, 0) is 31.4 Å². The summed E-state index contributed by atoms with van der Waals surface area (Å²) in [6.07, 6.45) is 1.95. The van der Waals surface area contributed by atoms with Crippen LogP contribution in [0, 0.1) is 13.8 Å². The first kappa shape index (κ1) is 13.1. The third-order valence-corrected chi connectivity index (χ3v) is 3.70. The monoisotopic (exact) mass is 246 g/mol. The Kier molecular flexibility index (Phi) is 3.71. The Bertz CT molecular complexity index is 456. The topological polar surface area (TPSA) is 32.3 Å². The van der Waals surface area contributed by atoms with Crippen molar-refractivity contribution in [3.8, 4) is 0 Å². The van der Waals surface area contributed by atoms with Crippen LogP contribution < -0.4 is 5.32 Å². The van der Waals surface area contributed by atoms with Crippen molar-refractivity contribution < 1.29 is 4.79 Å². The zero-order valence-electron chi connectivity index (χ0n) is 11.7. The van der Waals surface area contributed by atoms with Crippen molar-refractivity contribution in [3.63, 3.8) is 0 Å². The summed E-state index contributed by atoms with van der Waals surface area (Å²) in [5.74, 6) is 0.211. The zero-order chi connectivity index (χ0) is 13.3. The minimum absolute atomic E-state index is 0.0222.